The van der Waals surface area contributed by atoms with Gasteiger partial charge in [-0.15, -0.1) is 0 Å². The third-order valence-corrected chi connectivity index (χ3v) is 2.81. The summed E-state index contributed by atoms with van der Waals surface area (Å²) in [4.78, 5) is 22.2. The Morgan fingerprint density at radius 3 is 2.68 bits per heavy atom. The maximum Gasteiger partial charge on any atom is 0.293 e. The summed E-state index contributed by atoms with van der Waals surface area (Å²) in [6.07, 6.45) is 0. The topological polar surface area (TPSA) is 110 Å². The number of hydrogen-bond donors (Lipinski definition) is 3. The van der Waals surface area contributed by atoms with Crippen LogP contribution in [0.2, 0.25) is 0 Å². The highest BCUT2D eigenvalue weighted by Gasteiger charge is 2.20. The van der Waals surface area contributed by atoms with Crippen molar-refractivity contribution in [1.29, 1.82) is 0 Å². The number of nitro groups is 1. The van der Waals surface area contributed by atoms with Gasteiger partial charge in [0.2, 0.25) is 0 Å². The van der Waals surface area contributed by atoms with Crippen LogP contribution in [0.5, 0.6) is 0 Å². The fourth-order valence-electron chi connectivity index (χ4n) is 1.56. The molecule has 7 nitrogen and oxygen atoms in total. The molecule has 19 heavy (non-hydrogen) atoms. The molecule has 0 heterocycles. The standard InChI is InChI=1S/C12H18N4O3/c1-7-4-9(11(13)10(5-7)16(18)19)12(17)15-6-8(2)14-3/h4-5,8,14H,6,13H2,1-3H3,(H,15,17). The van der Waals surface area contributed by atoms with Gasteiger partial charge >= 0.3 is 0 Å². The van der Waals surface area contributed by atoms with Crippen LogP contribution in [0.4, 0.5) is 11.4 Å². The molecule has 1 amide bonds. The van der Waals surface area contributed by atoms with E-state index in [1.165, 1.54) is 6.07 Å². The van der Waals surface area contributed by atoms with Crippen LogP contribution in [0, 0.1) is 17.0 Å². The molecule has 0 aliphatic rings. The minimum Gasteiger partial charge on any atom is -0.393 e. The Morgan fingerprint density at radius 1 is 1.53 bits per heavy atom. The Kier molecular flexibility index (Phi) is 4.82. The quantitative estimate of drug-likeness (QED) is 0.415. The molecule has 1 atom stereocenters. The van der Waals surface area contributed by atoms with Crippen LogP contribution < -0.4 is 16.4 Å². The molecule has 0 aliphatic carbocycles. The highest BCUT2D eigenvalue weighted by molar-refractivity contribution is 6.01. The van der Waals surface area contributed by atoms with Gasteiger partial charge in [-0.3, -0.25) is 14.9 Å². The van der Waals surface area contributed by atoms with Gasteiger partial charge in [-0.05, 0) is 32.5 Å². The number of anilines is 1. The van der Waals surface area contributed by atoms with Gasteiger partial charge in [0.25, 0.3) is 11.6 Å². The van der Waals surface area contributed by atoms with Crippen molar-refractivity contribution in [1.82, 2.24) is 10.6 Å². The lowest BCUT2D eigenvalue weighted by molar-refractivity contribution is -0.384. The average molecular weight is 266 g/mol. The summed E-state index contributed by atoms with van der Waals surface area (Å²) in [7, 11) is 1.78. The van der Waals surface area contributed by atoms with E-state index in [2.05, 4.69) is 10.6 Å². The number of nitrogen functional groups attached to an aromatic ring is 1. The normalized spacial score (nSPS) is 11.9. The van der Waals surface area contributed by atoms with Crippen molar-refractivity contribution >= 4 is 17.3 Å². The molecule has 0 bridgehead atoms. The first kappa shape index (κ1) is 14.9. The van der Waals surface area contributed by atoms with Gasteiger partial charge in [-0.1, -0.05) is 0 Å². The zero-order valence-corrected chi connectivity index (χ0v) is 11.2. The largest absolute Gasteiger partial charge is 0.393 e. The number of nitrogens with two attached hydrogens (primary N) is 1. The predicted octanol–water partition coefficient (Wildman–Crippen LogP) is 0.823. The van der Waals surface area contributed by atoms with E-state index in [0.29, 0.717) is 12.1 Å². The number of carbonyl (C=O) groups excluding carboxylic acids is 1. The van der Waals surface area contributed by atoms with Crippen LogP contribution in [0.25, 0.3) is 0 Å². The molecule has 4 N–H and O–H groups in total. The first-order valence-corrected chi connectivity index (χ1v) is 5.86. The minimum atomic E-state index is -0.588. The van der Waals surface area contributed by atoms with E-state index in [1.54, 1.807) is 20.0 Å². The van der Waals surface area contributed by atoms with Gasteiger partial charge in [0.05, 0.1) is 10.5 Å². The summed E-state index contributed by atoms with van der Waals surface area (Å²) in [5.41, 5.74) is 6.08. The number of likely N-dealkylation sites (N-methyl/N-ethyl adjacent to an activating group) is 1. The lowest BCUT2D eigenvalue weighted by Gasteiger charge is -2.12. The number of carbonyl (C=O) groups is 1. The monoisotopic (exact) mass is 266 g/mol. The van der Waals surface area contributed by atoms with E-state index in [0.717, 1.165) is 0 Å². The third kappa shape index (κ3) is 3.65. The number of nitrogens with one attached hydrogen (secondary N) is 2. The van der Waals surface area contributed by atoms with Crippen molar-refractivity contribution in [3.8, 4) is 0 Å². The zero-order valence-electron chi connectivity index (χ0n) is 11.2. The highest BCUT2D eigenvalue weighted by atomic mass is 16.6. The Bertz CT molecular complexity index is 502. The summed E-state index contributed by atoms with van der Waals surface area (Å²) in [5.74, 6) is -0.411. The van der Waals surface area contributed by atoms with Crippen LogP contribution in [0.3, 0.4) is 0 Å². The second-order valence-electron chi connectivity index (χ2n) is 4.40. The smallest absolute Gasteiger partial charge is 0.293 e. The van der Waals surface area contributed by atoms with E-state index < -0.39 is 10.8 Å². The molecule has 1 aromatic rings. The van der Waals surface area contributed by atoms with Crippen LogP contribution >= 0.6 is 0 Å². The first-order chi connectivity index (χ1) is 8.86. The van der Waals surface area contributed by atoms with Crippen molar-refractivity contribution in [2.75, 3.05) is 19.3 Å². The van der Waals surface area contributed by atoms with Gasteiger partial charge in [0.15, 0.2) is 0 Å². The van der Waals surface area contributed by atoms with Crippen LogP contribution in [-0.4, -0.2) is 30.5 Å². The molecule has 104 valence electrons. The Balaban J connectivity index is 3.00. The Hall–Kier alpha value is -2.15. The summed E-state index contributed by atoms with van der Waals surface area (Å²) in [6.45, 7) is 4.00. The number of nitrogens with zero attached hydrogens (tertiary/aromatic N) is 1. The molecular weight excluding hydrogens is 248 g/mol. The van der Waals surface area contributed by atoms with Gasteiger partial charge in [-0.2, -0.15) is 0 Å². The molecule has 0 fully saturated rings. The predicted molar refractivity (Wildman–Crippen MR) is 73.1 cm³/mol. The number of aryl methyl sites for hydroxylation is 1. The molecule has 0 radical (unpaired) electrons. The van der Waals surface area contributed by atoms with E-state index in [1.807, 2.05) is 6.92 Å². The van der Waals surface area contributed by atoms with Crippen molar-refractivity contribution in [3.05, 3.63) is 33.4 Å². The SMILES string of the molecule is CNC(C)CNC(=O)c1cc(C)cc([N+](=O)[O-])c1N. The van der Waals surface area contributed by atoms with Crippen LogP contribution in [-0.2, 0) is 0 Å². The maximum absolute atomic E-state index is 12.0. The summed E-state index contributed by atoms with van der Waals surface area (Å²) in [6, 6.07) is 2.99. The van der Waals surface area contributed by atoms with Gasteiger partial charge in [-0.25, -0.2) is 0 Å². The minimum absolute atomic E-state index is 0.102. The van der Waals surface area contributed by atoms with Crippen molar-refractivity contribution in [3.63, 3.8) is 0 Å². The molecular formula is C12H18N4O3. The lowest BCUT2D eigenvalue weighted by Crippen LogP contribution is -2.37. The molecule has 0 saturated carbocycles. The average Bonchev–Trinajstić information content (AvgIpc) is 2.37. The first-order valence-electron chi connectivity index (χ1n) is 5.86. The number of nitro benzene ring substituents is 1. The number of rotatable bonds is 5. The highest BCUT2D eigenvalue weighted by Crippen LogP contribution is 2.26. The van der Waals surface area contributed by atoms with Crippen molar-refractivity contribution < 1.29 is 9.72 Å². The van der Waals surface area contributed by atoms with E-state index in [9.17, 15) is 14.9 Å². The molecule has 7 heteroatoms. The fraction of sp³-hybridized carbons (Fsp3) is 0.417. The van der Waals surface area contributed by atoms with Gasteiger partial charge < -0.3 is 16.4 Å². The second kappa shape index (κ2) is 6.14. The fourth-order valence-corrected chi connectivity index (χ4v) is 1.56. The molecule has 1 rings (SSSR count). The molecule has 0 saturated heterocycles. The van der Waals surface area contributed by atoms with Gasteiger partial charge in [0.1, 0.15) is 5.69 Å². The third-order valence-electron chi connectivity index (χ3n) is 2.81. The molecule has 0 aromatic heterocycles. The number of hydrogen-bond acceptors (Lipinski definition) is 5. The summed E-state index contributed by atoms with van der Waals surface area (Å²) in [5, 5.41) is 16.5. The van der Waals surface area contributed by atoms with Crippen molar-refractivity contribution in [2.45, 2.75) is 19.9 Å². The summed E-state index contributed by atoms with van der Waals surface area (Å²) >= 11 is 0. The van der Waals surface area contributed by atoms with Crippen LogP contribution in [0.15, 0.2) is 12.1 Å². The van der Waals surface area contributed by atoms with Crippen molar-refractivity contribution in [2.24, 2.45) is 0 Å². The lowest BCUT2D eigenvalue weighted by atomic mass is 10.1. The van der Waals surface area contributed by atoms with E-state index in [-0.39, 0.29) is 23.0 Å². The van der Waals surface area contributed by atoms with Gasteiger partial charge in [0, 0.05) is 18.7 Å². The Labute approximate surface area is 111 Å². The van der Waals surface area contributed by atoms with Crippen LogP contribution in [0.1, 0.15) is 22.8 Å². The molecule has 0 aliphatic heterocycles. The maximum atomic E-state index is 12.0. The van der Waals surface area contributed by atoms with E-state index >= 15 is 0 Å². The second-order valence-corrected chi connectivity index (χ2v) is 4.40. The zero-order chi connectivity index (χ0) is 14.6. The molecule has 0 spiro atoms. The van der Waals surface area contributed by atoms with E-state index in [4.69, 9.17) is 5.73 Å². The molecule has 1 aromatic carbocycles. The summed E-state index contributed by atoms with van der Waals surface area (Å²) < 4.78 is 0. The number of benzene rings is 1. The molecule has 1 unspecified atom stereocenters. The number of amides is 1. The Morgan fingerprint density at radius 2 is 2.16 bits per heavy atom.